The maximum Gasteiger partial charge on any atom is 0.226 e. The first-order valence-corrected chi connectivity index (χ1v) is 12.0. The molecule has 180 valence electrons. The van der Waals surface area contributed by atoms with Crippen LogP contribution >= 0.6 is 0 Å². The minimum absolute atomic E-state index is 0.150. The van der Waals surface area contributed by atoms with E-state index in [-0.39, 0.29) is 17.8 Å². The monoisotopic (exact) mass is 472 g/mol. The van der Waals surface area contributed by atoms with E-state index >= 15 is 0 Å². The molecule has 1 amide bonds. The third-order valence-electron chi connectivity index (χ3n) is 6.60. The number of nitrogens with zero attached hydrogens (tertiary/aromatic N) is 3. The summed E-state index contributed by atoms with van der Waals surface area (Å²) in [6.07, 6.45) is 2.11. The second-order valence-corrected chi connectivity index (χ2v) is 8.96. The number of hydrogen-bond acceptors (Lipinski definition) is 4. The number of rotatable bonds is 7. The standard InChI is InChI=1S/C28H29FN4O2/c1-35-24-12-8-20(9-13-24)18-27(34)32-16-14-23(15-17-32)30-28-31-25-4-2-3-5-26(25)33(28)19-21-6-10-22(29)11-7-21/h2-13,23H,14-19H2,1H3,(H,30,31). The zero-order chi connectivity index (χ0) is 24.2. The van der Waals surface area contributed by atoms with Crippen molar-refractivity contribution in [1.82, 2.24) is 14.5 Å². The molecule has 0 aliphatic carbocycles. The number of amides is 1. The number of benzene rings is 3. The molecule has 0 radical (unpaired) electrons. The molecule has 4 aromatic rings. The van der Waals surface area contributed by atoms with Gasteiger partial charge in [-0.1, -0.05) is 36.4 Å². The van der Waals surface area contributed by atoms with Gasteiger partial charge in [-0.3, -0.25) is 4.79 Å². The van der Waals surface area contributed by atoms with Crippen molar-refractivity contribution in [3.8, 4) is 5.75 Å². The number of ether oxygens (including phenoxy) is 1. The van der Waals surface area contributed by atoms with E-state index in [9.17, 15) is 9.18 Å². The van der Waals surface area contributed by atoms with Crippen molar-refractivity contribution in [2.45, 2.75) is 31.8 Å². The van der Waals surface area contributed by atoms with E-state index in [4.69, 9.17) is 9.72 Å². The molecule has 1 aliphatic rings. The third-order valence-corrected chi connectivity index (χ3v) is 6.60. The van der Waals surface area contributed by atoms with Gasteiger partial charge in [-0.05, 0) is 60.4 Å². The van der Waals surface area contributed by atoms with Gasteiger partial charge >= 0.3 is 0 Å². The Labute approximate surface area is 204 Å². The lowest BCUT2D eigenvalue weighted by molar-refractivity contribution is -0.131. The first kappa shape index (κ1) is 22.9. The van der Waals surface area contributed by atoms with Crippen molar-refractivity contribution in [2.24, 2.45) is 0 Å². The van der Waals surface area contributed by atoms with Crippen LogP contribution in [0.25, 0.3) is 11.0 Å². The number of halogens is 1. The zero-order valence-corrected chi connectivity index (χ0v) is 19.8. The van der Waals surface area contributed by atoms with Crippen LogP contribution in [-0.4, -0.2) is 46.6 Å². The van der Waals surface area contributed by atoms with Crippen molar-refractivity contribution < 1.29 is 13.9 Å². The van der Waals surface area contributed by atoms with Crippen LogP contribution in [-0.2, 0) is 17.8 Å². The van der Waals surface area contributed by atoms with Gasteiger partial charge in [0.2, 0.25) is 11.9 Å². The van der Waals surface area contributed by atoms with Gasteiger partial charge in [0.25, 0.3) is 0 Å². The van der Waals surface area contributed by atoms with Gasteiger partial charge < -0.3 is 19.5 Å². The van der Waals surface area contributed by atoms with E-state index in [1.54, 1.807) is 19.2 Å². The highest BCUT2D eigenvalue weighted by molar-refractivity contribution is 5.79. The number of imidazole rings is 1. The number of fused-ring (bicyclic) bond motifs is 1. The molecule has 0 spiro atoms. The highest BCUT2D eigenvalue weighted by atomic mass is 19.1. The molecule has 2 heterocycles. The highest BCUT2D eigenvalue weighted by Crippen LogP contribution is 2.24. The average Bonchev–Trinajstić information content (AvgIpc) is 3.23. The Kier molecular flexibility index (Phi) is 6.66. The summed E-state index contributed by atoms with van der Waals surface area (Å²) in [5, 5.41) is 3.62. The summed E-state index contributed by atoms with van der Waals surface area (Å²) in [6, 6.07) is 22.5. The molecular formula is C28H29FN4O2. The average molecular weight is 473 g/mol. The fraction of sp³-hybridized carbons (Fsp3) is 0.286. The van der Waals surface area contributed by atoms with E-state index in [1.807, 2.05) is 47.4 Å². The normalized spacial score (nSPS) is 14.3. The Morgan fingerprint density at radius 2 is 1.69 bits per heavy atom. The van der Waals surface area contributed by atoms with Crippen LogP contribution < -0.4 is 10.1 Å². The highest BCUT2D eigenvalue weighted by Gasteiger charge is 2.24. The molecule has 0 atom stereocenters. The molecule has 1 fully saturated rings. The number of anilines is 1. The lowest BCUT2D eigenvalue weighted by Crippen LogP contribution is -2.43. The van der Waals surface area contributed by atoms with E-state index in [0.717, 1.165) is 46.7 Å². The Hall–Kier alpha value is -3.87. The molecule has 1 aliphatic heterocycles. The second kappa shape index (κ2) is 10.2. The maximum atomic E-state index is 13.4. The Balaban J connectivity index is 1.24. The van der Waals surface area contributed by atoms with Gasteiger partial charge in [-0.15, -0.1) is 0 Å². The van der Waals surface area contributed by atoms with E-state index in [2.05, 4.69) is 16.0 Å². The molecular weight excluding hydrogens is 443 g/mol. The van der Waals surface area contributed by atoms with E-state index in [0.29, 0.717) is 26.1 Å². The van der Waals surface area contributed by atoms with Crippen LogP contribution in [0, 0.1) is 5.82 Å². The summed E-state index contributed by atoms with van der Waals surface area (Å²) in [4.78, 5) is 19.6. The molecule has 0 bridgehead atoms. The fourth-order valence-corrected chi connectivity index (χ4v) is 4.60. The molecule has 7 heteroatoms. The molecule has 1 aromatic heterocycles. The summed E-state index contributed by atoms with van der Waals surface area (Å²) >= 11 is 0. The summed E-state index contributed by atoms with van der Waals surface area (Å²) in [6.45, 7) is 2.03. The molecule has 35 heavy (non-hydrogen) atoms. The zero-order valence-electron chi connectivity index (χ0n) is 19.8. The number of nitrogens with one attached hydrogen (secondary N) is 1. The molecule has 1 saturated heterocycles. The van der Waals surface area contributed by atoms with Gasteiger partial charge in [-0.2, -0.15) is 0 Å². The number of aromatic nitrogens is 2. The molecule has 1 N–H and O–H groups in total. The number of likely N-dealkylation sites (tertiary alicyclic amines) is 1. The molecule has 5 rings (SSSR count). The number of carbonyl (C=O) groups is 1. The Morgan fingerprint density at radius 3 is 2.40 bits per heavy atom. The van der Waals surface area contributed by atoms with Gasteiger partial charge in [0.1, 0.15) is 11.6 Å². The predicted octanol–water partition coefficient (Wildman–Crippen LogP) is 4.88. The van der Waals surface area contributed by atoms with Crippen molar-refractivity contribution in [1.29, 1.82) is 0 Å². The molecule has 0 unspecified atom stereocenters. The SMILES string of the molecule is COc1ccc(CC(=O)N2CCC(Nc3nc4ccccc4n3Cc3ccc(F)cc3)CC2)cc1. The Bertz CT molecular complexity index is 1290. The number of hydrogen-bond donors (Lipinski definition) is 1. The molecule has 6 nitrogen and oxygen atoms in total. The Morgan fingerprint density at radius 1 is 1.00 bits per heavy atom. The van der Waals surface area contributed by atoms with Gasteiger partial charge in [0.05, 0.1) is 31.1 Å². The van der Waals surface area contributed by atoms with Crippen molar-refractivity contribution in [3.05, 3.63) is 89.7 Å². The lowest BCUT2D eigenvalue weighted by atomic mass is 10.0. The maximum absolute atomic E-state index is 13.4. The predicted molar refractivity (Wildman–Crippen MR) is 135 cm³/mol. The number of piperidine rings is 1. The lowest BCUT2D eigenvalue weighted by Gasteiger charge is -2.33. The summed E-state index contributed by atoms with van der Waals surface area (Å²) < 4.78 is 20.7. The van der Waals surface area contributed by atoms with Gasteiger partial charge in [0.15, 0.2) is 0 Å². The third kappa shape index (κ3) is 5.29. The molecule has 0 saturated carbocycles. The summed E-state index contributed by atoms with van der Waals surface area (Å²) in [5.74, 6) is 1.50. The molecule has 3 aromatic carbocycles. The summed E-state index contributed by atoms with van der Waals surface area (Å²) in [7, 11) is 1.64. The van der Waals surface area contributed by atoms with E-state index in [1.165, 1.54) is 12.1 Å². The fourth-order valence-electron chi connectivity index (χ4n) is 4.60. The largest absolute Gasteiger partial charge is 0.497 e. The van der Waals surface area contributed by atoms with Gasteiger partial charge in [-0.25, -0.2) is 9.37 Å². The topological polar surface area (TPSA) is 59.4 Å². The number of methoxy groups -OCH3 is 1. The minimum atomic E-state index is -0.240. The minimum Gasteiger partial charge on any atom is -0.497 e. The van der Waals surface area contributed by atoms with E-state index < -0.39 is 0 Å². The van der Waals surface area contributed by atoms with Crippen LogP contribution in [0.4, 0.5) is 10.3 Å². The van der Waals surface area contributed by atoms with Crippen LogP contribution in [0.2, 0.25) is 0 Å². The van der Waals surface area contributed by atoms with Crippen LogP contribution in [0.5, 0.6) is 5.75 Å². The second-order valence-electron chi connectivity index (χ2n) is 8.96. The first-order chi connectivity index (χ1) is 17.1. The van der Waals surface area contributed by atoms with Crippen LogP contribution in [0.1, 0.15) is 24.0 Å². The van der Waals surface area contributed by atoms with Gasteiger partial charge in [0, 0.05) is 19.1 Å². The number of para-hydroxylation sites is 2. The van der Waals surface area contributed by atoms with Crippen LogP contribution in [0.15, 0.2) is 72.8 Å². The van der Waals surface area contributed by atoms with Crippen LogP contribution in [0.3, 0.4) is 0 Å². The smallest absolute Gasteiger partial charge is 0.226 e. The number of carbonyl (C=O) groups excluding carboxylic acids is 1. The van der Waals surface area contributed by atoms with Crippen molar-refractivity contribution >= 4 is 22.9 Å². The van der Waals surface area contributed by atoms with Crippen molar-refractivity contribution in [2.75, 3.05) is 25.5 Å². The first-order valence-electron chi connectivity index (χ1n) is 12.0. The summed E-state index contributed by atoms with van der Waals surface area (Å²) in [5.41, 5.74) is 3.96. The van der Waals surface area contributed by atoms with Crippen molar-refractivity contribution in [3.63, 3.8) is 0 Å². The quantitative estimate of drug-likeness (QED) is 0.417.